The SMILES string of the molecule is CC(Cc1ccc(Cl)cc1)NCC1CCCNC1. The molecule has 100 valence electrons. The third kappa shape index (κ3) is 4.60. The summed E-state index contributed by atoms with van der Waals surface area (Å²) in [6.45, 7) is 5.74. The van der Waals surface area contributed by atoms with Crippen LogP contribution in [0.5, 0.6) is 0 Å². The summed E-state index contributed by atoms with van der Waals surface area (Å²) in [4.78, 5) is 0. The van der Waals surface area contributed by atoms with Gasteiger partial charge in [0.15, 0.2) is 0 Å². The van der Waals surface area contributed by atoms with Gasteiger partial charge in [-0.25, -0.2) is 0 Å². The van der Waals surface area contributed by atoms with Gasteiger partial charge in [-0.15, -0.1) is 0 Å². The number of halogens is 1. The highest BCUT2D eigenvalue weighted by Crippen LogP contribution is 2.12. The summed E-state index contributed by atoms with van der Waals surface area (Å²) >= 11 is 5.89. The molecular formula is C15H23ClN2. The highest BCUT2D eigenvalue weighted by molar-refractivity contribution is 6.30. The molecule has 18 heavy (non-hydrogen) atoms. The van der Waals surface area contributed by atoms with Crippen LogP contribution in [0.25, 0.3) is 0 Å². The third-order valence-electron chi connectivity index (χ3n) is 3.61. The van der Waals surface area contributed by atoms with E-state index < -0.39 is 0 Å². The minimum Gasteiger partial charge on any atom is -0.316 e. The van der Waals surface area contributed by atoms with Crippen molar-refractivity contribution in [1.29, 1.82) is 0 Å². The summed E-state index contributed by atoms with van der Waals surface area (Å²) in [7, 11) is 0. The van der Waals surface area contributed by atoms with Gasteiger partial charge in [0.2, 0.25) is 0 Å². The number of piperidine rings is 1. The molecular weight excluding hydrogens is 244 g/mol. The summed E-state index contributed by atoms with van der Waals surface area (Å²) in [5, 5.41) is 7.91. The Balaban J connectivity index is 1.71. The fourth-order valence-electron chi connectivity index (χ4n) is 2.51. The number of hydrogen-bond donors (Lipinski definition) is 2. The van der Waals surface area contributed by atoms with Gasteiger partial charge < -0.3 is 10.6 Å². The van der Waals surface area contributed by atoms with Crippen molar-refractivity contribution < 1.29 is 0 Å². The van der Waals surface area contributed by atoms with Crippen LogP contribution < -0.4 is 10.6 Å². The monoisotopic (exact) mass is 266 g/mol. The van der Waals surface area contributed by atoms with Crippen molar-refractivity contribution in [3.8, 4) is 0 Å². The molecule has 2 N–H and O–H groups in total. The van der Waals surface area contributed by atoms with E-state index in [0.29, 0.717) is 6.04 Å². The average molecular weight is 267 g/mol. The predicted octanol–water partition coefficient (Wildman–Crippen LogP) is 2.86. The molecule has 1 aromatic rings. The first kappa shape index (κ1) is 13.9. The highest BCUT2D eigenvalue weighted by atomic mass is 35.5. The van der Waals surface area contributed by atoms with E-state index in [4.69, 9.17) is 11.6 Å². The van der Waals surface area contributed by atoms with Gasteiger partial charge in [0, 0.05) is 11.1 Å². The van der Waals surface area contributed by atoms with Gasteiger partial charge in [-0.1, -0.05) is 23.7 Å². The van der Waals surface area contributed by atoms with Crippen LogP contribution in [-0.2, 0) is 6.42 Å². The minimum atomic E-state index is 0.521. The van der Waals surface area contributed by atoms with Gasteiger partial charge in [0.25, 0.3) is 0 Å². The average Bonchev–Trinajstić information content (AvgIpc) is 2.40. The topological polar surface area (TPSA) is 24.1 Å². The smallest absolute Gasteiger partial charge is 0.0406 e. The van der Waals surface area contributed by atoms with Gasteiger partial charge in [-0.2, -0.15) is 0 Å². The Kier molecular flexibility index (Phi) is 5.48. The predicted molar refractivity (Wildman–Crippen MR) is 78.2 cm³/mol. The molecule has 0 aliphatic carbocycles. The lowest BCUT2D eigenvalue weighted by Gasteiger charge is -2.25. The van der Waals surface area contributed by atoms with Crippen LogP contribution >= 0.6 is 11.6 Å². The zero-order chi connectivity index (χ0) is 12.8. The van der Waals surface area contributed by atoms with Crippen molar-refractivity contribution in [2.45, 2.75) is 32.2 Å². The van der Waals surface area contributed by atoms with E-state index in [1.807, 2.05) is 12.1 Å². The number of hydrogen-bond acceptors (Lipinski definition) is 2. The first-order valence-electron chi connectivity index (χ1n) is 6.92. The Morgan fingerprint density at radius 1 is 1.39 bits per heavy atom. The van der Waals surface area contributed by atoms with Gasteiger partial charge >= 0.3 is 0 Å². The molecule has 0 spiro atoms. The van der Waals surface area contributed by atoms with E-state index in [-0.39, 0.29) is 0 Å². The molecule has 1 aliphatic rings. The second-order valence-electron chi connectivity index (χ2n) is 5.35. The third-order valence-corrected chi connectivity index (χ3v) is 3.86. The molecule has 0 amide bonds. The van der Waals surface area contributed by atoms with Crippen molar-refractivity contribution in [1.82, 2.24) is 10.6 Å². The van der Waals surface area contributed by atoms with E-state index in [9.17, 15) is 0 Å². The summed E-state index contributed by atoms with van der Waals surface area (Å²) in [6.07, 6.45) is 3.74. The summed E-state index contributed by atoms with van der Waals surface area (Å²) in [5.41, 5.74) is 1.35. The first-order chi connectivity index (χ1) is 8.74. The van der Waals surface area contributed by atoms with Crippen molar-refractivity contribution in [3.05, 3.63) is 34.9 Å². The maximum Gasteiger partial charge on any atom is 0.0406 e. The van der Waals surface area contributed by atoms with Crippen molar-refractivity contribution in [3.63, 3.8) is 0 Å². The molecule has 2 unspecified atom stereocenters. The fourth-order valence-corrected chi connectivity index (χ4v) is 2.64. The first-order valence-corrected chi connectivity index (χ1v) is 7.30. The number of benzene rings is 1. The Morgan fingerprint density at radius 3 is 2.83 bits per heavy atom. The standard InChI is InChI=1S/C15H23ClN2/c1-12(9-13-4-6-15(16)7-5-13)18-11-14-3-2-8-17-10-14/h4-7,12,14,17-18H,2-3,8-11H2,1H3. The number of nitrogens with one attached hydrogen (secondary N) is 2. The van der Waals surface area contributed by atoms with E-state index in [0.717, 1.165) is 23.9 Å². The van der Waals surface area contributed by atoms with Gasteiger partial charge in [0.05, 0.1) is 0 Å². The lowest BCUT2D eigenvalue weighted by molar-refractivity contribution is 0.346. The highest BCUT2D eigenvalue weighted by Gasteiger charge is 2.13. The zero-order valence-electron chi connectivity index (χ0n) is 11.1. The van der Waals surface area contributed by atoms with Crippen LogP contribution in [-0.4, -0.2) is 25.7 Å². The van der Waals surface area contributed by atoms with Crippen LogP contribution in [0.15, 0.2) is 24.3 Å². The summed E-state index contributed by atoms with van der Waals surface area (Å²) < 4.78 is 0. The lowest BCUT2D eigenvalue weighted by atomic mass is 9.99. The molecule has 2 atom stereocenters. The second-order valence-corrected chi connectivity index (χ2v) is 5.79. The molecule has 0 saturated carbocycles. The second kappa shape index (κ2) is 7.13. The maximum atomic E-state index is 5.89. The van der Waals surface area contributed by atoms with Crippen LogP contribution in [0.2, 0.25) is 5.02 Å². The van der Waals surface area contributed by atoms with E-state index >= 15 is 0 Å². The van der Waals surface area contributed by atoms with Gasteiger partial charge in [-0.05, 0) is 69.4 Å². The molecule has 2 rings (SSSR count). The summed E-state index contributed by atoms with van der Waals surface area (Å²) in [6, 6.07) is 8.68. The van der Waals surface area contributed by atoms with E-state index in [1.165, 1.54) is 31.5 Å². The van der Waals surface area contributed by atoms with Crippen LogP contribution in [0.4, 0.5) is 0 Å². The van der Waals surface area contributed by atoms with Crippen LogP contribution in [0, 0.1) is 5.92 Å². The molecule has 1 saturated heterocycles. The molecule has 0 bridgehead atoms. The normalized spacial score (nSPS) is 21.8. The Bertz CT molecular complexity index is 344. The fraction of sp³-hybridized carbons (Fsp3) is 0.600. The quantitative estimate of drug-likeness (QED) is 0.856. The molecule has 0 radical (unpaired) electrons. The zero-order valence-corrected chi connectivity index (χ0v) is 11.8. The molecule has 3 heteroatoms. The largest absolute Gasteiger partial charge is 0.316 e. The molecule has 1 aromatic carbocycles. The molecule has 1 fully saturated rings. The lowest BCUT2D eigenvalue weighted by Crippen LogP contribution is -2.39. The minimum absolute atomic E-state index is 0.521. The van der Waals surface area contributed by atoms with Crippen molar-refractivity contribution in [2.24, 2.45) is 5.92 Å². The van der Waals surface area contributed by atoms with E-state index in [2.05, 4.69) is 29.7 Å². The van der Waals surface area contributed by atoms with Crippen LogP contribution in [0.3, 0.4) is 0 Å². The van der Waals surface area contributed by atoms with Crippen molar-refractivity contribution >= 4 is 11.6 Å². The molecule has 2 nitrogen and oxygen atoms in total. The molecule has 1 aliphatic heterocycles. The van der Waals surface area contributed by atoms with Crippen LogP contribution in [0.1, 0.15) is 25.3 Å². The maximum absolute atomic E-state index is 5.89. The Hall–Kier alpha value is -0.570. The van der Waals surface area contributed by atoms with E-state index in [1.54, 1.807) is 0 Å². The Morgan fingerprint density at radius 2 is 2.17 bits per heavy atom. The van der Waals surface area contributed by atoms with Gasteiger partial charge in [-0.3, -0.25) is 0 Å². The molecule has 0 aromatic heterocycles. The Labute approximate surface area is 115 Å². The van der Waals surface area contributed by atoms with Gasteiger partial charge in [0.1, 0.15) is 0 Å². The van der Waals surface area contributed by atoms with Crippen molar-refractivity contribution in [2.75, 3.05) is 19.6 Å². The number of rotatable bonds is 5. The molecule has 1 heterocycles. The summed E-state index contributed by atoms with van der Waals surface area (Å²) in [5.74, 6) is 0.798.